The quantitative estimate of drug-likeness (QED) is 0.926. The van der Waals surface area contributed by atoms with Gasteiger partial charge in [-0.1, -0.05) is 12.8 Å². The monoisotopic (exact) mass is 318 g/mol. The van der Waals surface area contributed by atoms with E-state index in [-0.39, 0.29) is 12.5 Å². The van der Waals surface area contributed by atoms with Gasteiger partial charge in [-0.25, -0.2) is 0 Å². The summed E-state index contributed by atoms with van der Waals surface area (Å²) in [6.07, 6.45) is -2.31. The van der Waals surface area contributed by atoms with Crippen LogP contribution < -0.4 is 5.32 Å². The summed E-state index contributed by atoms with van der Waals surface area (Å²) in [6.45, 7) is -0.280. The molecule has 0 aromatic carbocycles. The van der Waals surface area contributed by atoms with Gasteiger partial charge in [0.05, 0.1) is 12.0 Å². The van der Waals surface area contributed by atoms with Gasteiger partial charge in [0.15, 0.2) is 0 Å². The first-order chi connectivity index (χ1) is 9.91. The van der Waals surface area contributed by atoms with Crippen LogP contribution in [0.3, 0.4) is 0 Å². The van der Waals surface area contributed by atoms with Gasteiger partial charge < -0.3 is 4.90 Å². The summed E-state index contributed by atoms with van der Waals surface area (Å²) in [5, 5.41) is 7.09. The van der Waals surface area contributed by atoms with Crippen LogP contribution in [-0.2, 0) is 4.79 Å². The molecule has 1 aliphatic heterocycles. The van der Waals surface area contributed by atoms with Gasteiger partial charge in [0.25, 0.3) is 0 Å². The van der Waals surface area contributed by atoms with Gasteiger partial charge >= 0.3 is 6.18 Å². The fraction of sp³-hybridized carbons (Fsp3) is 0.643. The fourth-order valence-corrected chi connectivity index (χ4v) is 3.98. The van der Waals surface area contributed by atoms with Crippen molar-refractivity contribution in [3.05, 3.63) is 22.4 Å². The van der Waals surface area contributed by atoms with Gasteiger partial charge in [-0.2, -0.15) is 24.5 Å². The van der Waals surface area contributed by atoms with Crippen LogP contribution in [0.25, 0.3) is 0 Å². The maximum absolute atomic E-state index is 12.7. The third-order valence-electron chi connectivity index (χ3n) is 4.35. The predicted octanol–water partition coefficient (Wildman–Crippen LogP) is 3.44. The number of amides is 1. The lowest BCUT2D eigenvalue weighted by Crippen LogP contribution is -2.44. The lowest BCUT2D eigenvalue weighted by Gasteiger charge is -2.24. The van der Waals surface area contributed by atoms with E-state index in [4.69, 9.17) is 0 Å². The van der Waals surface area contributed by atoms with Crippen molar-refractivity contribution in [1.82, 2.24) is 10.2 Å². The first-order valence-electron chi connectivity index (χ1n) is 7.09. The molecule has 1 atom stereocenters. The van der Waals surface area contributed by atoms with E-state index in [9.17, 15) is 18.0 Å². The zero-order chi connectivity index (χ0) is 15.1. The van der Waals surface area contributed by atoms with Gasteiger partial charge in [0.1, 0.15) is 6.17 Å². The van der Waals surface area contributed by atoms with E-state index in [1.807, 2.05) is 16.8 Å². The van der Waals surface area contributed by atoms with E-state index in [2.05, 4.69) is 5.32 Å². The SMILES string of the molecule is O=C1N(CCC(F)(F)F)C(c2ccsc2)NC12CCCC2. The highest BCUT2D eigenvalue weighted by atomic mass is 32.1. The highest BCUT2D eigenvalue weighted by molar-refractivity contribution is 7.07. The molecule has 116 valence electrons. The van der Waals surface area contributed by atoms with Gasteiger partial charge in [-0.3, -0.25) is 10.1 Å². The number of carbonyl (C=O) groups is 1. The Morgan fingerprint density at radius 3 is 2.67 bits per heavy atom. The molecule has 1 spiro atoms. The molecule has 0 radical (unpaired) electrons. The van der Waals surface area contributed by atoms with E-state index in [0.29, 0.717) is 0 Å². The predicted molar refractivity (Wildman–Crippen MR) is 73.8 cm³/mol. The number of halogens is 3. The van der Waals surface area contributed by atoms with E-state index in [0.717, 1.165) is 31.2 Å². The van der Waals surface area contributed by atoms with Crippen molar-refractivity contribution in [2.24, 2.45) is 0 Å². The molecule has 2 heterocycles. The first-order valence-corrected chi connectivity index (χ1v) is 8.03. The molecule has 1 aliphatic carbocycles. The Bertz CT molecular complexity index is 509. The summed E-state index contributed by atoms with van der Waals surface area (Å²) in [6, 6.07) is 1.87. The molecule has 21 heavy (non-hydrogen) atoms. The number of thiophene rings is 1. The van der Waals surface area contributed by atoms with Crippen molar-refractivity contribution in [1.29, 1.82) is 0 Å². The highest BCUT2D eigenvalue weighted by Crippen LogP contribution is 2.41. The third-order valence-corrected chi connectivity index (χ3v) is 5.05. The maximum atomic E-state index is 12.7. The fourth-order valence-electron chi connectivity index (χ4n) is 3.30. The summed E-state index contributed by atoms with van der Waals surface area (Å²) in [4.78, 5) is 14.0. The molecule has 1 N–H and O–H groups in total. The number of rotatable bonds is 3. The second kappa shape index (κ2) is 5.28. The summed E-state index contributed by atoms with van der Waals surface area (Å²) in [5.74, 6) is -0.166. The number of hydrogen-bond acceptors (Lipinski definition) is 3. The number of nitrogens with zero attached hydrogens (tertiary/aromatic N) is 1. The van der Waals surface area contributed by atoms with Gasteiger partial charge in [-0.15, -0.1) is 0 Å². The summed E-state index contributed by atoms with van der Waals surface area (Å²) in [5.41, 5.74) is 0.234. The molecule has 1 aromatic rings. The second-order valence-corrected chi connectivity index (χ2v) is 6.54. The van der Waals surface area contributed by atoms with Crippen LogP contribution in [0.15, 0.2) is 16.8 Å². The Balaban J connectivity index is 1.84. The minimum absolute atomic E-state index is 0.166. The van der Waals surface area contributed by atoms with Crippen LogP contribution in [-0.4, -0.2) is 29.1 Å². The molecule has 3 rings (SSSR count). The zero-order valence-electron chi connectivity index (χ0n) is 11.4. The van der Waals surface area contributed by atoms with Crippen molar-refractivity contribution in [3.63, 3.8) is 0 Å². The smallest absolute Gasteiger partial charge is 0.321 e. The third kappa shape index (κ3) is 2.81. The van der Waals surface area contributed by atoms with Crippen LogP contribution >= 0.6 is 11.3 Å². The van der Waals surface area contributed by atoms with Crippen LogP contribution in [0.4, 0.5) is 13.2 Å². The van der Waals surface area contributed by atoms with Crippen LogP contribution in [0.2, 0.25) is 0 Å². The Morgan fingerprint density at radius 1 is 1.38 bits per heavy atom. The van der Waals surface area contributed by atoms with Crippen molar-refractivity contribution in [2.75, 3.05) is 6.54 Å². The number of hydrogen-bond donors (Lipinski definition) is 1. The highest BCUT2D eigenvalue weighted by Gasteiger charge is 2.53. The van der Waals surface area contributed by atoms with Crippen molar-refractivity contribution in [2.45, 2.75) is 50.0 Å². The summed E-state index contributed by atoms with van der Waals surface area (Å²) >= 11 is 1.48. The lowest BCUT2D eigenvalue weighted by atomic mass is 9.98. The van der Waals surface area contributed by atoms with Crippen LogP contribution in [0, 0.1) is 0 Å². The topological polar surface area (TPSA) is 32.3 Å². The molecule has 1 amide bonds. The number of carbonyl (C=O) groups excluding carboxylic acids is 1. The first kappa shape index (κ1) is 14.8. The molecule has 2 aliphatic rings. The van der Waals surface area contributed by atoms with Crippen LogP contribution in [0.1, 0.15) is 43.8 Å². The molecular formula is C14H17F3N2OS. The molecule has 0 bridgehead atoms. The van der Waals surface area contributed by atoms with Crippen LogP contribution in [0.5, 0.6) is 0 Å². The molecule has 3 nitrogen and oxygen atoms in total. The zero-order valence-corrected chi connectivity index (χ0v) is 12.3. The van der Waals surface area contributed by atoms with Crippen molar-refractivity contribution < 1.29 is 18.0 Å². The summed E-state index contributed by atoms with van der Waals surface area (Å²) in [7, 11) is 0. The van der Waals surface area contributed by atoms with Crippen molar-refractivity contribution in [3.8, 4) is 0 Å². The standard InChI is InChI=1S/C14H17F3N2OS/c15-14(16,17)6-7-19-11(10-3-8-21-9-10)18-13(12(19)20)4-1-2-5-13/h3,8-9,11,18H,1-2,4-7H2. The van der Waals surface area contributed by atoms with E-state index >= 15 is 0 Å². The Labute approximate surface area is 125 Å². The average Bonchev–Trinajstić information content (AvgIpc) is 3.12. The van der Waals surface area contributed by atoms with Gasteiger partial charge in [0.2, 0.25) is 5.91 Å². The molecule has 1 saturated carbocycles. The molecular weight excluding hydrogens is 301 g/mol. The molecule has 1 saturated heterocycles. The summed E-state index contributed by atoms with van der Waals surface area (Å²) < 4.78 is 37.6. The molecule has 1 aromatic heterocycles. The Hall–Kier alpha value is -1.08. The second-order valence-electron chi connectivity index (χ2n) is 5.76. The van der Waals surface area contributed by atoms with Gasteiger partial charge in [0, 0.05) is 6.54 Å². The Morgan fingerprint density at radius 2 is 2.10 bits per heavy atom. The van der Waals surface area contributed by atoms with E-state index in [1.54, 1.807) is 0 Å². The molecule has 1 unspecified atom stereocenters. The Kier molecular flexibility index (Phi) is 3.73. The number of alkyl halides is 3. The van der Waals surface area contributed by atoms with E-state index in [1.165, 1.54) is 16.2 Å². The van der Waals surface area contributed by atoms with Crippen molar-refractivity contribution >= 4 is 17.2 Å². The maximum Gasteiger partial charge on any atom is 0.390 e. The minimum atomic E-state index is -4.25. The normalized spacial score (nSPS) is 25.2. The minimum Gasteiger partial charge on any atom is -0.321 e. The molecule has 2 fully saturated rings. The lowest BCUT2D eigenvalue weighted by molar-refractivity contribution is -0.146. The largest absolute Gasteiger partial charge is 0.390 e. The average molecular weight is 318 g/mol. The van der Waals surface area contributed by atoms with E-state index < -0.39 is 24.3 Å². The molecule has 7 heteroatoms. The van der Waals surface area contributed by atoms with Gasteiger partial charge in [-0.05, 0) is 35.2 Å². The number of nitrogens with one attached hydrogen (secondary N) is 1.